The molecule has 1 N–H and O–H groups in total. The summed E-state index contributed by atoms with van der Waals surface area (Å²) in [5.74, 6) is 5.69. The van der Waals surface area contributed by atoms with Gasteiger partial charge in [-0.1, -0.05) is 0 Å². The third-order valence-electron chi connectivity index (χ3n) is 5.55. The average Bonchev–Trinajstić information content (AvgIpc) is 2.76. The molecule has 4 saturated carbocycles. The Hall–Kier alpha value is -0.830. The average molecular weight is 246 g/mol. The summed E-state index contributed by atoms with van der Waals surface area (Å²) in [6.07, 6.45) is 8.93. The molecule has 0 atom stereocenters. The molecule has 0 aliphatic heterocycles. The van der Waals surface area contributed by atoms with Crippen LogP contribution in [0.1, 0.15) is 49.5 Å². The molecule has 1 heterocycles. The summed E-state index contributed by atoms with van der Waals surface area (Å²) in [7, 11) is 1.98. The zero-order valence-electron chi connectivity index (χ0n) is 11.1. The lowest BCUT2D eigenvalue weighted by molar-refractivity contribution is -0.0100. The van der Waals surface area contributed by atoms with E-state index in [-0.39, 0.29) is 0 Å². The predicted octanol–water partition coefficient (Wildman–Crippen LogP) is 2.93. The second-order valence-corrected chi connectivity index (χ2v) is 6.65. The molecule has 3 nitrogen and oxygen atoms in total. The van der Waals surface area contributed by atoms with Crippen molar-refractivity contribution >= 4 is 0 Å². The van der Waals surface area contributed by atoms with E-state index in [1.807, 2.05) is 7.05 Å². The minimum absolute atomic E-state index is 0.670. The number of hydrogen-bond acceptors (Lipinski definition) is 3. The Morgan fingerprint density at radius 1 is 1.17 bits per heavy atom. The highest BCUT2D eigenvalue weighted by atomic mass is 16.3. The Morgan fingerprint density at radius 3 is 2.44 bits per heavy atom. The lowest BCUT2D eigenvalue weighted by atomic mass is 9.51. The fourth-order valence-electron chi connectivity index (χ4n) is 5.20. The van der Waals surface area contributed by atoms with Crippen LogP contribution in [0.15, 0.2) is 10.8 Å². The fraction of sp³-hybridized carbons (Fsp3) is 0.800. The van der Waals surface area contributed by atoms with Gasteiger partial charge in [-0.2, -0.15) is 0 Å². The molecule has 1 aromatic heterocycles. The van der Waals surface area contributed by atoms with Crippen LogP contribution in [0.25, 0.3) is 0 Å². The summed E-state index contributed by atoms with van der Waals surface area (Å²) in [4.78, 5) is 4.41. The largest absolute Gasteiger partial charge is 0.448 e. The van der Waals surface area contributed by atoms with Gasteiger partial charge in [-0.25, -0.2) is 4.98 Å². The highest BCUT2D eigenvalue weighted by Gasteiger charge is 2.50. The molecule has 98 valence electrons. The third-order valence-corrected chi connectivity index (χ3v) is 5.55. The van der Waals surface area contributed by atoms with Crippen LogP contribution >= 0.6 is 0 Å². The Labute approximate surface area is 108 Å². The second-order valence-electron chi connectivity index (χ2n) is 6.65. The van der Waals surface area contributed by atoms with Crippen molar-refractivity contribution in [1.29, 1.82) is 0 Å². The van der Waals surface area contributed by atoms with E-state index >= 15 is 0 Å². The maximum Gasteiger partial charge on any atom is 0.181 e. The molecule has 4 aliphatic carbocycles. The van der Waals surface area contributed by atoms with Crippen molar-refractivity contribution in [2.24, 2.45) is 23.7 Å². The summed E-state index contributed by atoms with van der Waals surface area (Å²) in [6, 6.07) is 0. The van der Waals surface area contributed by atoms with Crippen molar-refractivity contribution in [3.63, 3.8) is 0 Å². The molecule has 0 aromatic carbocycles. The molecule has 4 bridgehead atoms. The Morgan fingerprint density at radius 2 is 1.83 bits per heavy atom. The molecule has 0 unspecified atom stereocenters. The van der Waals surface area contributed by atoms with Crippen molar-refractivity contribution in [3.8, 4) is 0 Å². The highest BCUT2D eigenvalue weighted by Crippen LogP contribution is 2.60. The first-order chi connectivity index (χ1) is 8.85. The van der Waals surface area contributed by atoms with Crippen molar-refractivity contribution in [2.45, 2.75) is 44.6 Å². The summed E-state index contributed by atoms with van der Waals surface area (Å²) in [6.45, 7) is 0.842. The third kappa shape index (κ3) is 1.56. The van der Waals surface area contributed by atoms with Crippen LogP contribution in [-0.4, -0.2) is 12.0 Å². The van der Waals surface area contributed by atoms with E-state index < -0.39 is 0 Å². The van der Waals surface area contributed by atoms with E-state index in [2.05, 4.69) is 10.3 Å². The molecule has 0 spiro atoms. The minimum Gasteiger partial charge on any atom is -0.448 e. The van der Waals surface area contributed by atoms with Gasteiger partial charge in [-0.05, 0) is 62.8 Å². The summed E-state index contributed by atoms with van der Waals surface area (Å²) >= 11 is 0. The maximum absolute atomic E-state index is 5.79. The van der Waals surface area contributed by atoms with Crippen LogP contribution in [0, 0.1) is 23.7 Å². The van der Waals surface area contributed by atoms with Crippen molar-refractivity contribution in [2.75, 3.05) is 7.05 Å². The normalized spacial score (nSPS) is 41.5. The summed E-state index contributed by atoms with van der Waals surface area (Å²) < 4.78 is 5.79. The molecule has 0 saturated heterocycles. The molecule has 4 fully saturated rings. The zero-order chi connectivity index (χ0) is 12.1. The van der Waals surface area contributed by atoms with E-state index in [4.69, 9.17) is 4.42 Å². The molecular weight excluding hydrogens is 224 g/mol. The van der Waals surface area contributed by atoms with Crippen molar-refractivity contribution < 1.29 is 4.42 Å². The summed E-state index contributed by atoms with van der Waals surface area (Å²) in [5, 5.41) is 3.21. The molecular formula is C15H22N2O. The first-order valence-electron chi connectivity index (χ1n) is 7.42. The van der Waals surface area contributed by atoms with Crippen LogP contribution in [0.3, 0.4) is 0 Å². The fourth-order valence-corrected chi connectivity index (χ4v) is 5.20. The van der Waals surface area contributed by atoms with Crippen LogP contribution < -0.4 is 5.32 Å². The van der Waals surface area contributed by atoms with E-state index in [0.29, 0.717) is 5.92 Å². The standard InChI is InChI=1S/C15H22N2O/c1-16-7-13-15(18-8-17-13)14-11-3-9-2-10(5-11)6-12(14)4-9/h8-12,14,16H,2-7H2,1H3. The van der Waals surface area contributed by atoms with Gasteiger partial charge in [-0.3, -0.25) is 0 Å². The van der Waals surface area contributed by atoms with Crippen LogP contribution in [0.5, 0.6) is 0 Å². The van der Waals surface area contributed by atoms with E-state index in [0.717, 1.165) is 35.9 Å². The van der Waals surface area contributed by atoms with Gasteiger partial charge in [0.25, 0.3) is 0 Å². The van der Waals surface area contributed by atoms with E-state index in [1.165, 1.54) is 37.9 Å². The first-order valence-corrected chi connectivity index (χ1v) is 7.42. The lowest BCUT2D eigenvalue weighted by Crippen LogP contribution is -2.44. The van der Waals surface area contributed by atoms with E-state index in [9.17, 15) is 0 Å². The van der Waals surface area contributed by atoms with Crippen molar-refractivity contribution in [1.82, 2.24) is 10.3 Å². The van der Waals surface area contributed by atoms with Gasteiger partial charge in [0.1, 0.15) is 5.76 Å². The van der Waals surface area contributed by atoms with Gasteiger partial charge in [-0.15, -0.1) is 0 Å². The Kier molecular flexibility index (Phi) is 2.51. The summed E-state index contributed by atoms with van der Waals surface area (Å²) in [5.41, 5.74) is 1.15. The number of nitrogens with one attached hydrogen (secondary N) is 1. The van der Waals surface area contributed by atoms with Gasteiger partial charge >= 0.3 is 0 Å². The number of aromatic nitrogens is 1. The molecule has 3 heteroatoms. The van der Waals surface area contributed by atoms with Gasteiger partial charge in [0.05, 0.1) is 5.69 Å². The van der Waals surface area contributed by atoms with Crippen LogP contribution in [-0.2, 0) is 6.54 Å². The quantitative estimate of drug-likeness (QED) is 0.891. The second kappa shape index (κ2) is 4.09. The number of hydrogen-bond donors (Lipinski definition) is 1. The SMILES string of the molecule is CNCc1ncoc1C1C2CC3CC(C2)CC1C3. The molecule has 0 radical (unpaired) electrons. The number of nitrogens with zero attached hydrogens (tertiary/aromatic N) is 1. The molecule has 0 amide bonds. The predicted molar refractivity (Wildman–Crippen MR) is 69.1 cm³/mol. The minimum atomic E-state index is 0.670. The zero-order valence-corrected chi connectivity index (χ0v) is 11.1. The monoisotopic (exact) mass is 246 g/mol. The van der Waals surface area contributed by atoms with Crippen LogP contribution in [0.4, 0.5) is 0 Å². The Balaban J connectivity index is 1.66. The van der Waals surface area contributed by atoms with Gasteiger partial charge in [0.2, 0.25) is 0 Å². The van der Waals surface area contributed by atoms with E-state index in [1.54, 1.807) is 6.39 Å². The number of oxazole rings is 1. The molecule has 4 aliphatic rings. The maximum atomic E-state index is 5.79. The van der Waals surface area contributed by atoms with Gasteiger partial charge in [0, 0.05) is 12.5 Å². The highest BCUT2D eigenvalue weighted by molar-refractivity contribution is 5.19. The first kappa shape index (κ1) is 11.0. The molecule has 18 heavy (non-hydrogen) atoms. The molecule has 1 aromatic rings. The Bertz CT molecular complexity index is 411. The van der Waals surface area contributed by atoms with Crippen LogP contribution in [0.2, 0.25) is 0 Å². The van der Waals surface area contributed by atoms with Crippen molar-refractivity contribution in [3.05, 3.63) is 17.8 Å². The lowest BCUT2D eigenvalue weighted by Gasteiger charge is -2.53. The smallest absolute Gasteiger partial charge is 0.181 e. The topological polar surface area (TPSA) is 38.1 Å². The van der Waals surface area contributed by atoms with Gasteiger partial charge < -0.3 is 9.73 Å². The molecule has 5 rings (SSSR count). The van der Waals surface area contributed by atoms with Gasteiger partial charge in [0.15, 0.2) is 6.39 Å². The number of rotatable bonds is 3.